The monoisotopic (exact) mass is 294 g/mol. The maximum absolute atomic E-state index is 12.5. The maximum atomic E-state index is 12.5. The number of carbonyl (C=O) groups excluding carboxylic acids is 1. The van der Waals surface area contributed by atoms with Crippen molar-refractivity contribution in [3.63, 3.8) is 0 Å². The molecule has 7 heteroatoms. The first kappa shape index (κ1) is 15.8. The van der Waals surface area contributed by atoms with E-state index in [-0.39, 0.29) is 10.7 Å². The molecule has 0 aliphatic heterocycles. The van der Waals surface area contributed by atoms with E-state index in [1.54, 1.807) is 0 Å². The number of hydrogen-bond donors (Lipinski definition) is 2. The number of carbonyl (C=O) groups is 1. The van der Waals surface area contributed by atoms with Gasteiger partial charge in [-0.05, 0) is 24.6 Å². The van der Waals surface area contributed by atoms with Crippen LogP contribution >= 0.6 is 11.6 Å². The van der Waals surface area contributed by atoms with Crippen molar-refractivity contribution in [2.45, 2.75) is 32.0 Å². The van der Waals surface area contributed by atoms with Crippen molar-refractivity contribution in [1.29, 1.82) is 0 Å². The fraction of sp³-hybridized carbons (Fsp3) is 0.417. The summed E-state index contributed by atoms with van der Waals surface area (Å²) in [6.07, 6.45) is -3.34. The fourth-order valence-electron chi connectivity index (χ4n) is 1.46. The Hall–Kier alpha value is -1.27. The summed E-state index contributed by atoms with van der Waals surface area (Å²) < 4.78 is 37.6. The summed E-state index contributed by atoms with van der Waals surface area (Å²) in [5.74, 6) is -0.553. The molecule has 0 bridgehead atoms. The van der Waals surface area contributed by atoms with Gasteiger partial charge in [-0.1, -0.05) is 24.9 Å². The summed E-state index contributed by atoms with van der Waals surface area (Å²) in [4.78, 5) is 11.6. The molecule has 19 heavy (non-hydrogen) atoms. The van der Waals surface area contributed by atoms with Gasteiger partial charge < -0.3 is 11.1 Å². The first-order valence-corrected chi connectivity index (χ1v) is 6.06. The highest BCUT2D eigenvalue weighted by Crippen LogP contribution is 2.33. The molecule has 3 nitrogen and oxygen atoms in total. The molecule has 0 unspecified atom stereocenters. The maximum Gasteiger partial charge on any atom is 0.416 e. The minimum absolute atomic E-state index is 0.0325. The zero-order valence-corrected chi connectivity index (χ0v) is 11.0. The lowest BCUT2D eigenvalue weighted by atomic mass is 10.1. The highest BCUT2D eigenvalue weighted by Gasteiger charge is 2.31. The van der Waals surface area contributed by atoms with Crippen LogP contribution in [0.4, 0.5) is 18.9 Å². The Morgan fingerprint density at radius 1 is 1.47 bits per heavy atom. The van der Waals surface area contributed by atoms with Gasteiger partial charge in [-0.25, -0.2) is 0 Å². The number of anilines is 1. The van der Waals surface area contributed by atoms with Crippen LogP contribution in [0.3, 0.4) is 0 Å². The molecule has 1 aromatic carbocycles. The topological polar surface area (TPSA) is 55.1 Å². The van der Waals surface area contributed by atoms with Gasteiger partial charge in [-0.3, -0.25) is 4.79 Å². The molecular weight excluding hydrogens is 281 g/mol. The lowest BCUT2D eigenvalue weighted by Gasteiger charge is -2.14. The lowest BCUT2D eigenvalue weighted by Crippen LogP contribution is -2.35. The van der Waals surface area contributed by atoms with Crippen molar-refractivity contribution < 1.29 is 18.0 Å². The van der Waals surface area contributed by atoms with Gasteiger partial charge in [-0.15, -0.1) is 0 Å². The van der Waals surface area contributed by atoms with Crippen molar-refractivity contribution in [1.82, 2.24) is 0 Å². The van der Waals surface area contributed by atoms with E-state index in [0.29, 0.717) is 12.8 Å². The summed E-state index contributed by atoms with van der Waals surface area (Å²) in [6, 6.07) is 1.96. The zero-order valence-electron chi connectivity index (χ0n) is 10.2. The second-order valence-corrected chi connectivity index (χ2v) is 4.48. The summed E-state index contributed by atoms with van der Waals surface area (Å²) in [7, 11) is 0. The zero-order chi connectivity index (χ0) is 14.6. The third-order valence-electron chi connectivity index (χ3n) is 2.49. The molecule has 1 aromatic rings. The van der Waals surface area contributed by atoms with Crippen LogP contribution in [0, 0.1) is 0 Å². The van der Waals surface area contributed by atoms with Crippen LogP contribution < -0.4 is 11.1 Å². The van der Waals surface area contributed by atoms with Gasteiger partial charge in [0, 0.05) is 0 Å². The molecule has 0 fully saturated rings. The van der Waals surface area contributed by atoms with Crippen LogP contribution in [0.1, 0.15) is 25.3 Å². The number of nitrogens with two attached hydrogens (primary N) is 1. The molecule has 0 aromatic heterocycles. The van der Waals surface area contributed by atoms with Crippen molar-refractivity contribution in [2.24, 2.45) is 5.73 Å². The summed E-state index contributed by atoms with van der Waals surface area (Å²) in [5, 5.41) is 2.34. The van der Waals surface area contributed by atoms with Crippen molar-refractivity contribution in [2.75, 3.05) is 5.32 Å². The Balaban J connectivity index is 2.92. The molecule has 3 N–H and O–H groups in total. The highest BCUT2D eigenvalue weighted by atomic mass is 35.5. The Morgan fingerprint density at radius 2 is 2.11 bits per heavy atom. The molecule has 0 aliphatic carbocycles. The molecule has 0 heterocycles. The molecule has 1 atom stereocenters. The predicted molar refractivity (Wildman–Crippen MR) is 68.0 cm³/mol. The van der Waals surface area contributed by atoms with E-state index >= 15 is 0 Å². The molecule has 1 amide bonds. The third-order valence-corrected chi connectivity index (χ3v) is 2.82. The van der Waals surface area contributed by atoms with Crippen molar-refractivity contribution in [3.05, 3.63) is 28.8 Å². The molecule has 0 spiro atoms. The van der Waals surface area contributed by atoms with Crippen LogP contribution in [-0.2, 0) is 11.0 Å². The molecule has 0 saturated heterocycles. The molecule has 0 saturated carbocycles. The normalized spacial score (nSPS) is 13.2. The molecule has 0 radical (unpaired) electrons. The minimum atomic E-state index is -4.49. The highest BCUT2D eigenvalue weighted by molar-refractivity contribution is 6.33. The average molecular weight is 295 g/mol. The van der Waals surface area contributed by atoms with Crippen molar-refractivity contribution >= 4 is 23.2 Å². The Labute approximate surface area is 113 Å². The number of nitrogens with one attached hydrogen (secondary N) is 1. The number of amides is 1. The summed E-state index contributed by atoms with van der Waals surface area (Å²) >= 11 is 5.75. The van der Waals surface area contributed by atoms with Crippen LogP contribution in [0.15, 0.2) is 18.2 Å². The van der Waals surface area contributed by atoms with Gasteiger partial charge in [0.25, 0.3) is 0 Å². The van der Waals surface area contributed by atoms with Gasteiger partial charge in [0.2, 0.25) is 5.91 Å². The molecular formula is C12H14ClF3N2O. The number of benzene rings is 1. The van der Waals surface area contributed by atoms with Crippen LogP contribution in [0.5, 0.6) is 0 Å². The summed E-state index contributed by atoms with van der Waals surface area (Å²) in [5.41, 5.74) is 4.60. The van der Waals surface area contributed by atoms with Gasteiger partial charge in [0.05, 0.1) is 22.3 Å². The van der Waals surface area contributed by atoms with E-state index in [1.807, 2.05) is 6.92 Å². The summed E-state index contributed by atoms with van der Waals surface area (Å²) in [6.45, 7) is 1.85. The van der Waals surface area contributed by atoms with Crippen LogP contribution in [0.2, 0.25) is 5.02 Å². The first-order valence-electron chi connectivity index (χ1n) is 5.69. The Kier molecular flexibility index (Phi) is 5.20. The largest absolute Gasteiger partial charge is 0.416 e. The lowest BCUT2D eigenvalue weighted by molar-refractivity contribution is -0.137. The smallest absolute Gasteiger partial charge is 0.323 e. The quantitative estimate of drug-likeness (QED) is 0.894. The molecule has 1 rings (SSSR count). The second kappa shape index (κ2) is 6.25. The Bertz CT molecular complexity index is 463. The average Bonchev–Trinajstić information content (AvgIpc) is 2.30. The SMILES string of the molecule is CCC[C@H](N)C(=O)Nc1cc(C(F)(F)F)ccc1Cl. The van der Waals surface area contributed by atoms with Gasteiger partial charge in [0.1, 0.15) is 0 Å². The van der Waals surface area contributed by atoms with Crippen LogP contribution in [-0.4, -0.2) is 11.9 Å². The fourth-order valence-corrected chi connectivity index (χ4v) is 1.63. The van der Waals surface area contributed by atoms with Crippen LogP contribution in [0.25, 0.3) is 0 Å². The van der Waals surface area contributed by atoms with Gasteiger partial charge in [-0.2, -0.15) is 13.2 Å². The van der Waals surface area contributed by atoms with E-state index in [4.69, 9.17) is 17.3 Å². The predicted octanol–water partition coefficient (Wildman–Crippen LogP) is 3.42. The standard InChI is InChI=1S/C12H14ClF3N2O/c1-2-3-9(17)11(19)18-10-6-7(12(14,15)16)4-5-8(10)13/h4-6,9H,2-3,17H2,1H3,(H,18,19)/t9-/m0/s1. The Morgan fingerprint density at radius 3 is 2.63 bits per heavy atom. The minimum Gasteiger partial charge on any atom is -0.323 e. The van der Waals surface area contributed by atoms with E-state index < -0.39 is 23.7 Å². The molecule has 106 valence electrons. The molecule has 0 aliphatic rings. The van der Waals surface area contributed by atoms with Gasteiger partial charge in [0.15, 0.2) is 0 Å². The second-order valence-electron chi connectivity index (χ2n) is 4.08. The van der Waals surface area contributed by atoms with E-state index in [0.717, 1.165) is 18.2 Å². The van der Waals surface area contributed by atoms with Gasteiger partial charge >= 0.3 is 6.18 Å². The van der Waals surface area contributed by atoms with E-state index in [9.17, 15) is 18.0 Å². The first-order chi connectivity index (χ1) is 8.75. The third kappa shape index (κ3) is 4.40. The number of halogens is 4. The van der Waals surface area contributed by atoms with Crippen molar-refractivity contribution in [3.8, 4) is 0 Å². The van der Waals surface area contributed by atoms with E-state index in [1.165, 1.54) is 0 Å². The van der Waals surface area contributed by atoms with E-state index in [2.05, 4.69) is 5.32 Å². The number of rotatable bonds is 4. The number of hydrogen-bond acceptors (Lipinski definition) is 2. The number of alkyl halides is 3.